The molecule has 0 aliphatic rings. The second-order valence-electron chi connectivity index (χ2n) is 4.62. The van der Waals surface area contributed by atoms with E-state index >= 15 is 0 Å². The van der Waals surface area contributed by atoms with Crippen LogP contribution < -0.4 is 5.46 Å². The summed E-state index contributed by atoms with van der Waals surface area (Å²) in [5, 5.41) is 17.5. The molecule has 0 unspecified atom stereocenters. The van der Waals surface area contributed by atoms with E-state index in [-0.39, 0.29) is 0 Å². The number of aromatic nitrogens is 1. The predicted molar refractivity (Wildman–Crippen MR) is 101 cm³/mol. The second kappa shape index (κ2) is 8.98. The quantitative estimate of drug-likeness (QED) is 0.605. The molecule has 3 aromatic rings. The van der Waals surface area contributed by atoms with Gasteiger partial charge in [0.05, 0.1) is 5.69 Å². The lowest BCUT2D eigenvalue weighted by molar-refractivity contribution is 0.425. The Kier molecular flexibility index (Phi) is 6.98. The Hall–Kier alpha value is -1.47. The minimum Gasteiger partial charge on any atom is -0.423 e. The van der Waals surface area contributed by atoms with E-state index in [0.717, 1.165) is 15.7 Å². The Morgan fingerprint density at radius 2 is 1.57 bits per heavy atom. The summed E-state index contributed by atoms with van der Waals surface area (Å²) in [4.78, 5) is 4.27. The molecular weight excluding hydrogens is 421 g/mol. The van der Waals surface area contributed by atoms with E-state index < -0.39 is 7.12 Å². The molecule has 23 heavy (non-hydrogen) atoms. The molecule has 2 N–H and O–H groups in total. The van der Waals surface area contributed by atoms with Crippen molar-refractivity contribution in [2.45, 2.75) is 0 Å². The van der Waals surface area contributed by atoms with E-state index in [0.29, 0.717) is 9.94 Å². The van der Waals surface area contributed by atoms with E-state index in [1.807, 2.05) is 42.5 Å². The first-order valence-electron chi connectivity index (χ1n) is 6.85. The van der Waals surface area contributed by atoms with Gasteiger partial charge in [-0.3, -0.25) is 4.98 Å². The highest BCUT2D eigenvalue weighted by molar-refractivity contribution is 9.10. The maximum atomic E-state index is 8.73. The van der Waals surface area contributed by atoms with Gasteiger partial charge in [0.15, 0.2) is 0 Å². The number of hydrogen-bond donors (Lipinski definition) is 2. The van der Waals surface area contributed by atoms with Crippen molar-refractivity contribution in [3.8, 4) is 11.3 Å². The van der Waals surface area contributed by atoms with Gasteiger partial charge >= 0.3 is 7.12 Å². The number of benzene rings is 2. The van der Waals surface area contributed by atoms with E-state index in [1.165, 1.54) is 0 Å². The fourth-order valence-corrected chi connectivity index (χ4v) is 2.75. The van der Waals surface area contributed by atoms with Crippen molar-refractivity contribution < 1.29 is 10.0 Å². The summed E-state index contributed by atoms with van der Waals surface area (Å²) in [6, 6.07) is 21.0. The van der Waals surface area contributed by atoms with Crippen molar-refractivity contribution in [1.82, 2.24) is 4.98 Å². The minimum atomic E-state index is -1.39. The first-order chi connectivity index (χ1) is 11.1. The highest BCUT2D eigenvalue weighted by Crippen LogP contribution is 2.20. The van der Waals surface area contributed by atoms with Gasteiger partial charge in [-0.1, -0.05) is 68.3 Å². The average Bonchev–Trinajstić information content (AvgIpc) is 2.56. The number of halogens is 2. The Balaban J connectivity index is 0.000000174. The molecule has 0 fully saturated rings. The van der Waals surface area contributed by atoms with Gasteiger partial charge in [-0.25, -0.2) is 0 Å². The van der Waals surface area contributed by atoms with Crippen molar-refractivity contribution in [2.24, 2.45) is 0 Å². The lowest BCUT2D eigenvalue weighted by Gasteiger charge is -1.99. The lowest BCUT2D eigenvalue weighted by atomic mass is 9.80. The topological polar surface area (TPSA) is 53.4 Å². The van der Waals surface area contributed by atoms with Gasteiger partial charge in [0.1, 0.15) is 0 Å². The Bertz CT molecular complexity index is 754. The third-order valence-electron chi connectivity index (χ3n) is 2.97. The molecular formula is C17H14BBr2NO2. The largest absolute Gasteiger partial charge is 0.489 e. The fraction of sp³-hybridized carbons (Fsp3) is 0. The zero-order chi connectivity index (χ0) is 16.7. The summed E-state index contributed by atoms with van der Waals surface area (Å²) < 4.78 is 1.79. The van der Waals surface area contributed by atoms with Crippen LogP contribution in [-0.2, 0) is 0 Å². The second-order valence-corrected chi connectivity index (χ2v) is 6.39. The van der Waals surface area contributed by atoms with E-state index in [4.69, 9.17) is 10.0 Å². The smallest absolute Gasteiger partial charge is 0.423 e. The van der Waals surface area contributed by atoms with Crippen LogP contribution >= 0.6 is 31.9 Å². The molecule has 0 atom stereocenters. The number of rotatable bonds is 2. The van der Waals surface area contributed by atoms with Crippen LogP contribution in [0.1, 0.15) is 0 Å². The molecule has 0 spiro atoms. The monoisotopic (exact) mass is 433 g/mol. The van der Waals surface area contributed by atoms with Gasteiger partial charge in [0.25, 0.3) is 0 Å². The highest BCUT2D eigenvalue weighted by atomic mass is 79.9. The lowest BCUT2D eigenvalue weighted by Crippen LogP contribution is -2.30. The van der Waals surface area contributed by atoms with Gasteiger partial charge in [-0.15, -0.1) is 0 Å². The standard InChI is InChI=1S/C11H8BrN.C6H6BBrO2/c12-10-5-3-4-9(8-10)11-6-1-2-7-13-11;8-6-4-2-1-3-5(6)7(9)10/h1-8H;1-4,9-10H. The zero-order valence-electron chi connectivity index (χ0n) is 12.1. The van der Waals surface area contributed by atoms with Gasteiger partial charge in [0, 0.05) is 20.7 Å². The van der Waals surface area contributed by atoms with E-state index in [2.05, 4.69) is 42.9 Å². The van der Waals surface area contributed by atoms with Crippen LogP contribution in [0.5, 0.6) is 0 Å². The van der Waals surface area contributed by atoms with Crippen molar-refractivity contribution in [3.63, 3.8) is 0 Å². The normalized spacial score (nSPS) is 9.74. The van der Waals surface area contributed by atoms with Crippen molar-refractivity contribution >= 4 is 44.4 Å². The first kappa shape index (κ1) is 17.9. The van der Waals surface area contributed by atoms with Crippen molar-refractivity contribution in [3.05, 3.63) is 81.9 Å². The van der Waals surface area contributed by atoms with Gasteiger partial charge < -0.3 is 10.0 Å². The summed E-state index contributed by atoms with van der Waals surface area (Å²) in [6.07, 6.45) is 1.80. The molecule has 0 saturated carbocycles. The molecule has 116 valence electrons. The first-order valence-corrected chi connectivity index (χ1v) is 8.44. The van der Waals surface area contributed by atoms with Gasteiger partial charge in [-0.2, -0.15) is 0 Å². The van der Waals surface area contributed by atoms with E-state index in [1.54, 1.807) is 24.4 Å². The molecule has 0 aliphatic carbocycles. The summed E-state index contributed by atoms with van der Waals surface area (Å²) >= 11 is 6.61. The highest BCUT2D eigenvalue weighted by Gasteiger charge is 2.12. The summed E-state index contributed by atoms with van der Waals surface area (Å²) in [6.45, 7) is 0. The van der Waals surface area contributed by atoms with Crippen LogP contribution in [0, 0.1) is 0 Å². The van der Waals surface area contributed by atoms with Crippen LogP contribution in [0.2, 0.25) is 0 Å². The molecule has 0 saturated heterocycles. The molecule has 2 aromatic carbocycles. The Morgan fingerprint density at radius 3 is 2.13 bits per heavy atom. The SMILES string of the molecule is Brc1cccc(-c2ccccn2)c1.OB(O)c1ccccc1Br. The van der Waals surface area contributed by atoms with E-state index in [9.17, 15) is 0 Å². The Morgan fingerprint density at radius 1 is 0.826 bits per heavy atom. The molecule has 0 bridgehead atoms. The maximum Gasteiger partial charge on any atom is 0.489 e. The third-order valence-corrected chi connectivity index (χ3v) is 4.18. The molecule has 1 heterocycles. The molecule has 1 aromatic heterocycles. The Labute approximate surface area is 152 Å². The van der Waals surface area contributed by atoms with Crippen LogP contribution in [0.3, 0.4) is 0 Å². The molecule has 0 amide bonds. The molecule has 3 rings (SSSR count). The van der Waals surface area contributed by atoms with Crippen LogP contribution in [-0.4, -0.2) is 22.2 Å². The maximum absolute atomic E-state index is 8.73. The van der Waals surface area contributed by atoms with Gasteiger partial charge in [0.2, 0.25) is 0 Å². The number of pyridine rings is 1. The average molecular weight is 435 g/mol. The van der Waals surface area contributed by atoms with Gasteiger partial charge in [-0.05, 0) is 35.8 Å². The van der Waals surface area contributed by atoms with Crippen LogP contribution in [0.25, 0.3) is 11.3 Å². The molecule has 0 radical (unpaired) electrons. The van der Waals surface area contributed by atoms with Crippen molar-refractivity contribution in [2.75, 3.05) is 0 Å². The van der Waals surface area contributed by atoms with Crippen molar-refractivity contribution in [1.29, 1.82) is 0 Å². The summed E-state index contributed by atoms with van der Waals surface area (Å²) in [7, 11) is -1.39. The van der Waals surface area contributed by atoms with Crippen LogP contribution in [0.4, 0.5) is 0 Å². The predicted octanol–water partition coefficient (Wildman–Crippen LogP) is 3.64. The molecule has 0 aliphatic heterocycles. The van der Waals surface area contributed by atoms with Crippen LogP contribution in [0.15, 0.2) is 81.9 Å². The third kappa shape index (κ3) is 5.59. The number of nitrogens with zero attached hydrogens (tertiary/aromatic N) is 1. The zero-order valence-corrected chi connectivity index (χ0v) is 15.3. The molecule has 6 heteroatoms. The fourth-order valence-electron chi connectivity index (χ4n) is 1.87. The number of hydrogen-bond acceptors (Lipinski definition) is 3. The summed E-state index contributed by atoms with van der Waals surface area (Å²) in [5.74, 6) is 0. The summed E-state index contributed by atoms with van der Waals surface area (Å²) in [5.41, 5.74) is 2.63. The molecule has 3 nitrogen and oxygen atoms in total. The minimum absolute atomic E-state index is 0.488.